The topological polar surface area (TPSA) is 72.2 Å². The second-order valence-corrected chi connectivity index (χ2v) is 7.29. The van der Waals surface area contributed by atoms with Crippen LogP contribution >= 0.6 is 11.3 Å². The monoisotopic (exact) mass is 459 g/mol. The first-order valence-electron chi connectivity index (χ1n) is 9.09. The second-order valence-electron chi connectivity index (χ2n) is 6.46. The van der Waals surface area contributed by atoms with E-state index < -0.39 is 23.6 Å². The van der Waals surface area contributed by atoms with Gasteiger partial charge >= 0.3 is 6.18 Å². The maximum absolute atomic E-state index is 13.3. The third-order valence-corrected chi connectivity index (χ3v) is 5.04. The summed E-state index contributed by atoms with van der Waals surface area (Å²) in [7, 11) is 0. The van der Waals surface area contributed by atoms with Crippen LogP contribution in [0, 0.1) is 5.82 Å². The minimum atomic E-state index is -4.64. The standard InChI is InChI=1S/C21H13F4N5OS/c22-15-8-6-13(7-9-15)11-26-28-19(31)16-12-32-20(27-16)30-17(14-4-2-1-3-5-14)10-18(29-30)21(23,24)25/h1-12H,(H,28,31)/b26-11-. The summed E-state index contributed by atoms with van der Waals surface area (Å²) in [4.78, 5) is 16.4. The number of hydrazone groups is 1. The highest BCUT2D eigenvalue weighted by atomic mass is 32.1. The van der Waals surface area contributed by atoms with Crippen molar-refractivity contribution in [3.63, 3.8) is 0 Å². The minimum Gasteiger partial charge on any atom is -0.266 e. The van der Waals surface area contributed by atoms with Crippen LogP contribution in [0.2, 0.25) is 0 Å². The van der Waals surface area contributed by atoms with Crippen molar-refractivity contribution in [2.24, 2.45) is 5.10 Å². The Morgan fingerprint density at radius 2 is 1.81 bits per heavy atom. The molecule has 0 saturated heterocycles. The van der Waals surface area contributed by atoms with Crippen LogP contribution < -0.4 is 5.43 Å². The number of rotatable bonds is 5. The smallest absolute Gasteiger partial charge is 0.266 e. The third-order valence-electron chi connectivity index (χ3n) is 4.22. The number of thiazole rings is 1. The third kappa shape index (κ3) is 4.72. The van der Waals surface area contributed by atoms with E-state index >= 15 is 0 Å². The van der Waals surface area contributed by atoms with Crippen molar-refractivity contribution in [1.82, 2.24) is 20.2 Å². The summed E-state index contributed by atoms with van der Waals surface area (Å²) in [6.07, 6.45) is -3.32. The highest BCUT2D eigenvalue weighted by molar-refractivity contribution is 7.12. The van der Waals surface area contributed by atoms with Crippen LogP contribution in [0.1, 0.15) is 21.7 Å². The van der Waals surface area contributed by atoms with Crippen LogP contribution in [0.25, 0.3) is 16.4 Å². The van der Waals surface area contributed by atoms with Gasteiger partial charge in [0, 0.05) is 10.9 Å². The van der Waals surface area contributed by atoms with Gasteiger partial charge in [-0.05, 0) is 23.8 Å². The number of amides is 1. The predicted octanol–water partition coefficient (Wildman–Crippen LogP) is 4.92. The molecule has 2 heterocycles. The largest absolute Gasteiger partial charge is 0.435 e. The van der Waals surface area contributed by atoms with Gasteiger partial charge in [0.05, 0.1) is 11.9 Å². The fourth-order valence-corrected chi connectivity index (χ4v) is 3.48. The molecule has 0 atom stereocenters. The van der Waals surface area contributed by atoms with Crippen molar-refractivity contribution in [3.05, 3.63) is 88.8 Å². The Balaban J connectivity index is 1.58. The van der Waals surface area contributed by atoms with E-state index in [4.69, 9.17) is 0 Å². The summed E-state index contributed by atoms with van der Waals surface area (Å²) in [5, 5.41) is 8.92. The summed E-state index contributed by atoms with van der Waals surface area (Å²) in [5.41, 5.74) is 2.44. The molecule has 0 aliphatic carbocycles. The lowest BCUT2D eigenvalue weighted by Crippen LogP contribution is -2.18. The van der Waals surface area contributed by atoms with Gasteiger partial charge in [-0.15, -0.1) is 11.3 Å². The molecule has 0 bridgehead atoms. The Kier molecular flexibility index (Phi) is 5.82. The van der Waals surface area contributed by atoms with E-state index in [9.17, 15) is 22.4 Å². The molecule has 0 aliphatic rings. The number of benzene rings is 2. The van der Waals surface area contributed by atoms with E-state index in [-0.39, 0.29) is 16.5 Å². The molecule has 0 unspecified atom stereocenters. The number of nitrogens with one attached hydrogen (secondary N) is 1. The SMILES string of the molecule is O=C(N/N=C\c1ccc(F)cc1)c1csc(-n2nc(C(F)(F)F)cc2-c2ccccc2)n1. The average Bonchev–Trinajstić information content (AvgIpc) is 3.43. The van der Waals surface area contributed by atoms with E-state index in [1.165, 1.54) is 35.9 Å². The Morgan fingerprint density at radius 3 is 2.50 bits per heavy atom. The Morgan fingerprint density at radius 1 is 1.09 bits per heavy atom. The van der Waals surface area contributed by atoms with E-state index in [1.807, 2.05) is 0 Å². The first kappa shape index (κ1) is 21.4. The maximum Gasteiger partial charge on any atom is 0.435 e. The summed E-state index contributed by atoms with van der Waals surface area (Å²) in [6, 6.07) is 14.8. The second kappa shape index (κ2) is 8.71. The Hall–Kier alpha value is -3.86. The van der Waals surface area contributed by atoms with Gasteiger partial charge in [-0.2, -0.15) is 23.4 Å². The molecule has 1 N–H and O–H groups in total. The molecule has 32 heavy (non-hydrogen) atoms. The summed E-state index contributed by atoms with van der Waals surface area (Å²) < 4.78 is 53.7. The van der Waals surface area contributed by atoms with Crippen molar-refractivity contribution in [2.75, 3.05) is 0 Å². The van der Waals surface area contributed by atoms with Crippen LogP contribution in [0.15, 0.2) is 71.1 Å². The average molecular weight is 459 g/mol. The number of hydrogen-bond donors (Lipinski definition) is 1. The Labute approximate surface area is 182 Å². The number of hydrogen-bond acceptors (Lipinski definition) is 5. The number of carbonyl (C=O) groups is 1. The number of aromatic nitrogens is 3. The summed E-state index contributed by atoms with van der Waals surface area (Å²) in [5.74, 6) is -1.06. The van der Waals surface area contributed by atoms with Gasteiger partial charge in [-0.3, -0.25) is 4.79 Å². The van der Waals surface area contributed by atoms with Gasteiger partial charge in [-0.1, -0.05) is 42.5 Å². The molecular formula is C21H13F4N5OS. The van der Waals surface area contributed by atoms with Crippen molar-refractivity contribution in [3.8, 4) is 16.4 Å². The van der Waals surface area contributed by atoms with Gasteiger partial charge in [0.15, 0.2) is 5.69 Å². The molecule has 6 nitrogen and oxygen atoms in total. The highest BCUT2D eigenvalue weighted by Gasteiger charge is 2.35. The zero-order valence-corrected chi connectivity index (χ0v) is 16.9. The molecule has 0 fully saturated rings. The molecule has 0 radical (unpaired) electrons. The molecule has 0 aliphatic heterocycles. The molecule has 0 saturated carbocycles. The van der Waals surface area contributed by atoms with E-state index in [0.717, 1.165) is 22.1 Å². The van der Waals surface area contributed by atoms with E-state index in [1.54, 1.807) is 30.3 Å². The van der Waals surface area contributed by atoms with Crippen molar-refractivity contribution >= 4 is 23.5 Å². The fourth-order valence-electron chi connectivity index (χ4n) is 2.72. The van der Waals surface area contributed by atoms with Gasteiger partial charge in [0.1, 0.15) is 11.5 Å². The van der Waals surface area contributed by atoms with Crippen LogP contribution in [0.5, 0.6) is 0 Å². The lowest BCUT2D eigenvalue weighted by atomic mass is 10.1. The van der Waals surface area contributed by atoms with Crippen molar-refractivity contribution in [1.29, 1.82) is 0 Å². The van der Waals surface area contributed by atoms with Gasteiger partial charge in [0.25, 0.3) is 5.91 Å². The van der Waals surface area contributed by atoms with Crippen LogP contribution in [0.4, 0.5) is 17.6 Å². The predicted molar refractivity (Wildman–Crippen MR) is 111 cm³/mol. The van der Waals surface area contributed by atoms with Gasteiger partial charge < -0.3 is 0 Å². The molecule has 11 heteroatoms. The molecule has 4 rings (SSSR count). The number of halogens is 4. The number of carbonyl (C=O) groups excluding carboxylic acids is 1. The first-order chi connectivity index (χ1) is 15.3. The molecule has 0 spiro atoms. The van der Waals surface area contributed by atoms with Crippen LogP contribution in [-0.4, -0.2) is 26.9 Å². The van der Waals surface area contributed by atoms with Crippen LogP contribution in [-0.2, 0) is 6.18 Å². The normalized spacial score (nSPS) is 11.8. The summed E-state index contributed by atoms with van der Waals surface area (Å²) in [6.45, 7) is 0. The first-order valence-corrected chi connectivity index (χ1v) is 9.97. The van der Waals surface area contributed by atoms with E-state index in [2.05, 4.69) is 20.6 Å². The fraction of sp³-hybridized carbons (Fsp3) is 0.0476. The molecule has 4 aromatic rings. The molecule has 1 amide bonds. The van der Waals surface area contributed by atoms with Crippen molar-refractivity contribution in [2.45, 2.75) is 6.18 Å². The zero-order valence-electron chi connectivity index (χ0n) is 16.0. The zero-order chi connectivity index (χ0) is 22.7. The molecule has 2 aromatic carbocycles. The van der Waals surface area contributed by atoms with Crippen molar-refractivity contribution < 1.29 is 22.4 Å². The summed E-state index contributed by atoms with van der Waals surface area (Å²) >= 11 is 0.963. The lowest BCUT2D eigenvalue weighted by Gasteiger charge is -2.03. The molecule has 2 aromatic heterocycles. The Bertz CT molecular complexity index is 1260. The quantitative estimate of drug-likeness (QED) is 0.262. The van der Waals surface area contributed by atoms with Gasteiger partial charge in [-0.25, -0.2) is 19.5 Å². The maximum atomic E-state index is 13.3. The highest BCUT2D eigenvalue weighted by Crippen LogP contribution is 2.33. The number of nitrogens with zero attached hydrogens (tertiary/aromatic N) is 4. The molecular weight excluding hydrogens is 446 g/mol. The lowest BCUT2D eigenvalue weighted by molar-refractivity contribution is -0.141. The number of alkyl halides is 3. The minimum absolute atomic E-state index is 0.0377. The van der Waals surface area contributed by atoms with Crippen LogP contribution in [0.3, 0.4) is 0 Å². The van der Waals surface area contributed by atoms with E-state index in [0.29, 0.717) is 11.1 Å². The molecule has 162 valence electrons. The van der Waals surface area contributed by atoms with Gasteiger partial charge in [0.2, 0.25) is 5.13 Å².